The Balaban J connectivity index is 1.36. The van der Waals surface area contributed by atoms with Crippen LogP contribution in [0.2, 0.25) is 5.02 Å². The molecule has 1 aliphatic heterocycles. The van der Waals surface area contributed by atoms with Crippen molar-refractivity contribution in [1.29, 1.82) is 0 Å². The minimum atomic E-state index is -0.0763. The van der Waals surface area contributed by atoms with E-state index in [-0.39, 0.29) is 5.91 Å². The second-order valence-electron chi connectivity index (χ2n) is 6.95. The number of hydrogen-bond acceptors (Lipinski definition) is 5. The summed E-state index contributed by atoms with van der Waals surface area (Å²) >= 11 is 7.74. The number of carbonyl (C=O) groups is 1. The van der Waals surface area contributed by atoms with Crippen molar-refractivity contribution in [2.24, 2.45) is 0 Å². The molecule has 7 heteroatoms. The van der Waals surface area contributed by atoms with Crippen molar-refractivity contribution in [1.82, 2.24) is 9.27 Å². The molecule has 3 heterocycles. The van der Waals surface area contributed by atoms with E-state index in [9.17, 15) is 4.79 Å². The van der Waals surface area contributed by atoms with Crippen LogP contribution in [0, 0.1) is 6.92 Å². The summed E-state index contributed by atoms with van der Waals surface area (Å²) in [5, 5.41) is 2.60. The number of anilines is 1. The molecule has 142 valence electrons. The van der Waals surface area contributed by atoms with Crippen LogP contribution in [0.3, 0.4) is 0 Å². The van der Waals surface area contributed by atoms with Gasteiger partial charge in [0.1, 0.15) is 5.82 Å². The average Bonchev–Trinajstić information content (AvgIpc) is 3.30. The lowest BCUT2D eigenvalue weighted by molar-refractivity contribution is 0.0716. The zero-order valence-corrected chi connectivity index (χ0v) is 16.9. The number of carbonyl (C=O) groups excluding carboxylic acids is 1. The van der Waals surface area contributed by atoms with Gasteiger partial charge in [-0.2, -0.15) is 4.37 Å². The fourth-order valence-corrected chi connectivity index (χ4v) is 4.79. The summed E-state index contributed by atoms with van der Waals surface area (Å²) in [5.74, 6) is 1.32. The fraction of sp³-hybridized carbons (Fsp3) is 0.238. The number of benzene rings is 2. The average molecular weight is 412 g/mol. The number of halogens is 1. The minimum Gasteiger partial charge on any atom is -0.449 e. The molecule has 0 radical (unpaired) electrons. The van der Waals surface area contributed by atoms with Gasteiger partial charge in [-0.1, -0.05) is 35.9 Å². The number of nitrogens with zero attached hydrogens (tertiary/aromatic N) is 3. The monoisotopic (exact) mass is 411 g/mol. The molecular formula is C21H18ClN3O2S. The Hall–Kier alpha value is -2.57. The summed E-state index contributed by atoms with van der Waals surface area (Å²) in [5.41, 5.74) is 1.42. The van der Waals surface area contributed by atoms with Crippen molar-refractivity contribution in [3.05, 3.63) is 58.8 Å². The summed E-state index contributed by atoms with van der Waals surface area (Å²) < 4.78 is 11.7. The van der Waals surface area contributed by atoms with E-state index < -0.39 is 0 Å². The van der Waals surface area contributed by atoms with E-state index in [0.29, 0.717) is 29.5 Å². The second-order valence-corrected chi connectivity index (χ2v) is 8.17. The Kier molecular flexibility index (Phi) is 4.25. The second kappa shape index (κ2) is 6.79. The van der Waals surface area contributed by atoms with Gasteiger partial charge in [0.05, 0.1) is 9.72 Å². The number of piperazine rings is 1. The normalized spacial score (nSPS) is 14.9. The summed E-state index contributed by atoms with van der Waals surface area (Å²) in [6, 6.07) is 13.8. The van der Waals surface area contributed by atoms with Crippen molar-refractivity contribution in [3.63, 3.8) is 0 Å². The van der Waals surface area contributed by atoms with E-state index in [1.165, 1.54) is 21.6 Å². The molecule has 2 aromatic heterocycles. The van der Waals surface area contributed by atoms with Gasteiger partial charge in [-0.15, -0.1) is 0 Å². The third kappa shape index (κ3) is 2.75. The van der Waals surface area contributed by atoms with Gasteiger partial charge < -0.3 is 14.2 Å². The van der Waals surface area contributed by atoms with Crippen LogP contribution in [0.5, 0.6) is 0 Å². The zero-order valence-electron chi connectivity index (χ0n) is 15.3. The maximum absolute atomic E-state index is 13.1. The molecule has 1 amide bonds. The van der Waals surface area contributed by atoms with Crippen molar-refractivity contribution in [2.75, 3.05) is 31.1 Å². The molecule has 4 aromatic rings. The van der Waals surface area contributed by atoms with Crippen LogP contribution in [-0.2, 0) is 0 Å². The van der Waals surface area contributed by atoms with Crippen LogP contribution in [0.1, 0.15) is 16.1 Å². The van der Waals surface area contributed by atoms with Crippen LogP contribution >= 0.6 is 23.1 Å². The third-order valence-corrected chi connectivity index (χ3v) is 6.45. The maximum atomic E-state index is 13.1. The highest BCUT2D eigenvalue weighted by molar-refractivity contribution is 7.13. The smallest absolute Gasteiger partial charge is 0.290 e. The van der Waals surface area contributed by atoms with E-state index in [2.05, 4.69) is 21.4 Å². The van der Waals surface area contributed by atoms with Gasteiger partial charge in [-0.05, 0) is 36.7 Å². The molecule has 28 heavy (non-hydrogen) atoms. The SMILES string of the molecule is Cc1c(C(=O)N2CCN(c3nsc4ccccc34)CC2)oc2c(Cl)cccc12. The number of furan rings is 1. The van der Waals surface area contributed by atoms with Crippen molar-refractivity contribution in [2.45, 2.75) is 6.92 Å². The molecule has 1 fully saturated rings. The van der Waals surface area contributed by atoms with Gasteiger partial charge in [0.15, 0.2) is 11.3 Å². The van der Waals surface area contributed by atoms with Crippen molar-refractivity contribution < 1.29 is 9.21 Å². The van der Waals surface area contributed by atoms with Crippen molar-refractivity contribution in [3.8, 4) is 0 Å². The highest BCUT2D eigenvalue weighted by Gasteiger charge is 2.28. The maximum Gasteiger partial charge on any atom is 0.290 e. The topological polar surface area (TPSA) is 49.6 Å². The van der Waals surface area contributed by atoms with E-state index in [1.807, 2.05) is 36.1 Å². The van der Waals surface area contributed by atoms with Crippen molar-refractivity contribution >= 4 is 55.9 Å². The lowest BCUT2D eigenvalue weighted by atomic mass is 10.1. The third-order valence-electron chi connectivity index (χ3n) is 5.33. The molecule has 2 aromatic carbocycles. The molecule has 1 saturated heterocycles. The molecule has 0 bridgehead atoms. The van der Waals surface area contributed by atoms with Gasteiger partial charge in [0.2, 0.25) is 0 Å². The number of amides is 1. The molecule has 0 unspecified atom stereocenters. The van der Waals surface area contributed by atoms with E-state index in [0.717, 1.165) is 29.9 Å². The Morgan fingerprint density at radius 2 is 1.82 bits per heavy atom. The molecule has 0 saturated carbocycles. The van der Waals surface area contributed by atoms with Crippen LogP contribution in [0.25, 0.3) is 21.1 Å². The number of hydrogen-bond donors (Lipinski definition) is 0. The van der Waals surface area contributed by atoms with Gasteiger partial charge in [0.25, 0.3) is 5.91 Å². The summed E-state index contributed by atoms with van der Waals surface area (Å²) in [7, 11) is 0. The number of para-hydroxylation sites is 1. The first kappa shape index (κ1) is 17.5. The Bertz CT molecular complexity index is 1190. The first-order chi connectivity index (χ1) is 13.6. The number of aromatic nitrogens is 1. The fourth-order valence-electron chi connectivity index (χ4n) is 3.78. The summed E-state index contributed by atoms with van der Waals surface area (Å²) in [4.78, 5) is 17.2. The number of fused-ring (bicyclic) bond motifs is 2. The number of rotatable bonds is 2. The molecule has 1 aliphatic rings. The minimum absolute atomic E-state index is 0.0763. The molecule has 0 aliphatic carbocycles. The molecule has 5 nitrogen and oxygen atoms in total. The highest BCUT2D eigenvalue weighted by atomic mass is 35.5. The van der Waals surface area contributed by atoms with Gasteiger partial charge >= 0.3 is 0 Å². The molecule has 5 rings (SSSR count). The predicted molar refractivity (Wildman–Crippen MR) is 114 cm³/mol. The Morgan fingerprint density at radius 3 is 2.61 bits per heavy atom. The summed E-state index contributed by atoms with van der Waals surface area (Å²) in [6.07, 6.45) is 0. The lowest BCUT2D eigenvalue weighted by Crippen LogP contribution is -2.49. The van der Waals surface area contributed by atoms with E-state index in [1.54, 1.807) is 6.07 Å². The lowest BCUT2D eigenvalue weighted by Gasteiger charge is -2.34. The Morgan fingerprint density at radius 1 is 1.07 bits per heavy atom. The molecule has 0 spiro atoms. The standard InChI is InChI=1S/C21H18ClN3O2S/c1-13-14-6-4-7-16(22)19(14)27-18(13)21(26)25-11-9-24(10-12-25)20-15-5-2-3-8-17(15)28-23-20/h2-8H,9-12H2,1H3. The zero-order chi connectivity index (χ0) is 19.3. The first-order valence-corrected chi connectivity index (χ1v) is 10.3. The van der Waals surface area contributed by atoms with Gasteiger partial charge in [-0.3, -0.25) is 4.79 Å². The van der Waals surface area contributed by atoms with Crippen LogP contribution in [0.4, 0.5) is 5.82 Å². The van der Waals surface area contributed by atoms with Crippen LogP contribution in [-0.4, -0.2) is 41.4 Å². The van der Waals surface area contributed by atoms with Crippen LogP contribution in [0.15, 0.2) is 46.9 Å². The van der Waals surface area contributed by atoms with Gasteiger partial charge in [-0.25, -0.2) is 0 Å². The first-order valence-electron chi connectivity index (χ1n) is 9.20. The summed E-state index contributed by atoms with van der Waals surface area (Å²) in [6.45, 7) is 4.68. The van der Waals surface area contributed by atoms with E-state index in [4.69, 9.17) is 16.0 Å². The highest BCUT2D eigenvalue weighted by Crippen LogP contribution is 2.32. The van der Waals surface area contributed by atoms with Crippen LogP contribution < -0.4 is 4.90 Å². The Labute approximate surface area is 171 Å². The largest absolute Gasteiger partial charge is 0.449 e. The molecular weight excluding hydrogens is 394 g/mol. The predicted octanol–water partition coefficient (Wildman–Crippen LogP) is 4.97. The molecule has 0 atom stereocenters. The quantitative estimate of drug-likeness (QED) is 0.467. The van der Waals surface area contributed by atoms with E-state index >= 15 is 0 Å². The number of aryl methyl sites for hydroxylation is 1. The van der Waals surface area contributed by atoms with Gasteiger partial charge in [0, 0.05) is 42.5 Å². The molecule has 0 N–H and O–H groups in total.